The zero-order chi connectivity index (χ0) is 14.3. The molecule has 5 heteroatoms. The highest BCUT2D eigenvalue weighted by molar-refractivity contribution is 6.04. The van der Waals surface area contributed by atoms with Crippen molar-refractivity contribution in [3.8, 4) is 11.1 Å². The van der Waals surface area contributed by atoms with Crippen LogP contribution in [-0.2, 0) is 0 Å². The lowest BCUT2D eigenvalue weighted by Gasteiger charge is -2.04. The highest BCUT2D eigenvalue weighted by Gasteiger charge is 2.20. The third-order valence-corrected chi connectivity index (χ3v) is 3.41. The van der Waals surface area contributed by atoms with Crippen LogP contribution in [0.15, 0.2) is 42.7 Å². The van der Waals surface area contributed by atoms with Crippen LogP contribution in [-0.4, -0.2) is 15.7 Å². The third-order valence-electron chi connectivity index (χ3n) is 3.41. The molecule has 0 aliphatic rings. The summed E-state index contributed by atoms with van der Waals surface area (Å²) < 4.78 is 14.5. The molecule has 2 heterocycles. The Labute approximate surface area is 114 Å². The van der Waals surface area contributed by atoms with Gasteiger partial charge in [-0.3, -0.25) is 9.78 Å². The highest BCUT2D eigenvalue weighted by atomic mass is 19.2. The smallest absolute Gasteiger partial charge is 0.268 e. The fourth-order valence-electron chi connectivity index (χ4n) is 2.49. The molecule has 0 saturated carbocycles. The van der Waals surface area contributed by atoms with Crippen LogP contribution < -0.4 is 5.73 Å². The van der Waals surface area contributed by atoms with Gasteiger partial charge in [0.15, 0.2) is 0 Å². The van der Waals surface area contributed by atoms with Gasteiger partial charge in [0, 0.05) is 23.3 Å². The summed E-state index contributed by atoms with van der Waals surface area (Å²) in [5.41, 5.74) is 7.58. The Kier molecular flexibility index (Phi) is 2.75. The Morgan fingerprint density at radius 1 is 1.25 bits per heavy atom. The number of halogens is 1. The van der Waals surface area contributed by atoms with E-state index in [1.54, 1.807) is 43.6 Å². The first-order chi connectivity index (χ1) is 9.61. The van der Waals surface area contributed by atoms with Gasteiger partial charge in [-0.25, -0.2) is 0 Å². The predicted molar refractivity (Wildman–Crippen MR) is 74.9 cm³/mol. The van der Waals surface area contributed by atoms with Crippen molar-refractivity contribution in [3.05, 3.63) is 54.0 Å². The second kappa shape index (κ2) is 4.45. The van der Waals surface area contributed by atoms with E-state index in [0.29, 0.717) is 26.8 Å². The molecular formula is C15H12FN3O. The number of amides is 1. The summed E-state index contributed by atoms with van der Waals surface area (Å²) in [6.45, 7) is 1.69. The molecule has 100 valence electrons. The maximum Gasteiger partial charge on any atom is 0.268 e. The number of primary amides is 1. The zero-order valence-electron chi connectivity index (χ0n) is 10.8. The van der Waals surface area contributed by atoms with Crippen LogP contribution in [0.4, 0.5) is 4.48 Å². The van der Waals surface area contributed by atoms with Crippen LogP contribution >= 0.6 is 0 Å². The second-order valence-electron chi connectivity index (χ2n) is 4.56. The van der Waals surface area contributed by atoms with Crippen molar-refractivity contribution in [1.82, 2.24) is 9.77 Å². The number of fused-ring (bicyclic) bond motifs is 1. The summed E-state index contributed by atoms with van der Waals surface area (Å²) in [6, 6.07) is 8.99. The minimum atomic E-state index is -0.776. The highest BCUT2D eigenvalue weighted by Crippen LogP contribution is 2.33. The van der Waals surface area contributed by atoms with Crippen molar-refractivity contribution >= 4 is 16.8 Å². The summed E-state index contributed by atoms with van der Waals surface area (Å²) in [5, 5.41) is 0.676. The van der Waals surface area contributed by atoms with Crippen LogP contribution in [0.5, 0.6) is 0 Å². The van der Waals surface area contributed by atoms with Crippen molar-refractivity contribution in [2.45, 2.75) is 6.92 Å². The number of nitrogens with two attached hydrogens (primary N) is 1. The molecule has 0 unspecified atom stereocenters. The van der Waals surface area contributed by atoms with E-state index in [2.05, 4.69) is 4.98 Å². The Morgan fingerprint density at radius 2 is 1.95 bits per heavy atom. The first-order valence-electron chi connectivity index (χ1n) is 6.11. The molecular weight excluding hydrogens is 257 g/mol. The lowest BCUT2D eigenvalue weighted by atomic mass is 10.0. The Hall–Kier alpha value is -2.69. The number of rotatable bonds is 2. The lowest BCUT2D eigenvalue weighted by Crippen LogP contribution is -2.15. The van der Waals surface area contributed by atoms with Gasteiger partial charge in [-0.2, -0.15) is 4.79 Å². The van der Waals surface area contributed by atoms with Gasteiger partial charge in [0.2, 0.25) is 0 Å². The van der Waals surface area contributed by atoms with Gasteiger partial charge in [-0.15, -0.1) is 0 Å². The quantitative estimate of drug-likeness (QED) is 0.777. The largest absolute Gasteiger partial charge is 0.364 e. The molecule has 4 nitrogen and oxygen atoms in total. The molecule has 3 rings (SSSR count). The van der Waals surface area contributed by atoms with Crippen molar-refractivity contribution in [2.75, 3.05) is 0 Å². The van der Waals surface area contributed by atoms with Gasteiger partial charge < -0.3 is 5.73 Å². The van der Waals surface area contributed by atoms with E-state index in [1.165, 1.54) is 0 Å². The number of carbonyl (C=O) groups excluding carboxylic acids is 1. The topological polar surface area (TPSA) is 60.9 Å². The molecule has 0 saturated heterocycles. The number of hydrogen-bond acceptors (Lipinski definition) is 2. The van der Waals surface area contributed by atoms with Crippen LogP contribution in [0.2, 0.25) is 0 Å². The molecule has 0 aliphatic carbocycles. The molecule has 1 amide bonds. The SMILES string of the molecule is Cc1c(C(N)=O)n(F)c2c(-c3ccncc3)cccc12. The number of aromatic nitrogens is 2. The van der Waals surface area contributed by atoms with Gasteiger partial charge >= 0.3 is 0 Å². The molecule has 0 bridgehead atoms. The number of aryl methyl sites for hydroxylation is 1. The van der Waals surface area contributed by atoms with E-state index >= 15 is 0 Å². The normalized spacial score (nSPS) is 10.9. The molecule has 0 radical (unpaired) electrons. The molecule has 0 aliphatic heterocycles. The molecule has 2 N–H and O–H groups in total. The van der Waals surface area contributed by atoms with Gasteiger partial charge in [0.1, 0.15) is 5.69 Å². The van der Waals surface area contributed by atoms with E-state index in [4.69, 9.17) is 5.73 Å². The van der Waals surface area contributed by atoms with Crippen molar-refractivity contribution in [1.29, 1.82) is 0 Å². The number of hydrogen-bond donors (Lipinski definition) is 1. The van der Waals surface area contributed by atoms with E-state index in [1.807, 2.05) is 6.07 Å². The molecule has 0 atom stereocenters. The summed E-state index contributed by atoms with van der Waals surface area (Å²) in [6.07, 6.45) is 3.28. The molecule has 0 spiro atoms. The Morgan fingerprint density at radius 3 is 2.60 bits per heavy atom. The maximum absolute atomic E-state index is 14.5. The van der Waals surface area contributed by atoms with Crippen LogP contribution in [0.1, 0.15) is 16.1 Å². The second-order valence-corrected chi connectivity index (χ2v) is 4.56. The average molecular weight is 269 g/mol. The number of carbonyl (C=O) groups is 1. The predicted octanol–water partition coefficient (Wildman–Crippen LogP) is 2.84. The van der Waals surface area contributed by atoms with Crippen molar-refractivity contribution in [2.24, 2.45) is 5.73 Å². The number of para-hydroxylation sites is 1. The van der Waals surface area contributed by atoms with Crippen LogP contribution in [0.3, 0.4) is 0 Å². The van der Waals surface area contributed by atoms with Crippen LogP contribution in [0, 0.1) is 6.92 Å². The van der Waals surface area contributed by atoms with Gasteiger partial charge in [0.05, 0.1) is 5.52 Å². The average Bonchev–Trinajstić information content (AvgIpc) is 2.72. The van der Waals surface area contributed by atoms with Crippen molar-refractivity contribution in [3.63, 3.8) is 0 Å². The number of nitrogens with zero attached hydrogens (tertiary/aromatic N) is 2. The van der Waals surface area contributed by atoms with Gasteiger partial charge in [0.25, 0.3) is 5.91 Å². The monoisotopic (exact) mass is 269 g/mol. The van der Waals surface area contributed by atoms with Gasteiger partial charge in [-0.1, -0.05) is 22.7 Å². The van der Waals surface area contributed by atoms with Gasteiger partial charge in [-0.05, 0) is 30.2 Å². The van der Waals surface area contributed by atoms with E-state index < -0.39 is 5.91 Å². The molecule has 2 aromatic heterocycles. The van der Waals surface area contributed by atoms with E-state index in [0.717, 1.165) is 5.56 Å². The fourth-order valence-corrected chi connectivity index (χ4v) is 2.49. The summed E-state index contributed by atoms with van der Waals surface area (Å²) >= 11 is 0. The van der Waals surface area contributed by atoms with Crippen molar-refractivity contribution < 1.29 is 9.28 Å². The standard InChI is InChI=1S/C15H12FN3O/c1-9-11-3-2-4-12(10-5-7-18-8-6-10)14(11)19(16)13(9)15(17)20/h2-8H,1H3,(H2,17,20). The molecule has 3 aromatic rings. The summed E-state index contributed by atoms with van der Waals surface area (Å²) in [5.74, 6) is -0.776. The van der Waals surface area contributed by atoms with E-state index in [-0.39, 0.29) is 5.69 Å². The lowest BCUT2D eigenvalue weighted by molar-refractivity contribution is 0.0982. The van der Waals surface area contributed by atoms with Crippen LogP contribution in [0.25, 0.3) is 22.0 Å². The summed E-state index contributed by atoms with van der Waals surface area (Å²) in [7, 11) is 0. The Bertz CT molecular complexity index is 809. The Balaban J connectivity index is 2.42. The molecule has 20 heavy (non-hydrogen) atoms. The first kappa shape index (κ1) is 12.3. The number of benzene rings is 1. The number of pyridine rings is 1. The fraction of sp³-hybridized carbons (Fsp3) is 0.0667. The molecule has 1 aromatic carbocycles. The summed E-state index contributed by atoms with van der Waals surface area (Å²) in [4.78, 5) is 15.7. The zero-order valence-corrected chi connectivity index (χ0v) is 10.8. The maximum atomic E-state index is 14.5. The molecule has 0 fully saturated rings. The van der Waals surface area contributed by atoms with E-state index in [9.17, 15) is 9.28 Å². The first-order valence-corrected chi connectivity index (χ1v) is 6.11. The minimum absolute atomic E-state index is 0.110. The third kappa shape index (κ3) is 1.67. The minimum Gasteiger partial charge on any atom is -0.364 e.